The Bertz CT molecular complexity index is 411. The molecule has 0 saturated heterocycles. The minimum Gasteiger partial charge on any atom is -0.491 e. The second kappa shape index (κ2) is 8.40. The minimum atomic E-state index is 0.200. The lowest BCUT2D eigenvalue weighted by atomic mass is 9.90. The Morgan fingerprint density at radius 2 is 1.90 bits per heavy atom. The normalized spacial score (nSPS) is 18.5. The van der Waals surface area contributed by atoms with E-state index in [9.17, 15) is 0 Å². The molecule has 3 N–H and O–H groups in total. The van der Waals surface area contributed by atoms with Crippen LogP contribution in [0.25, 0.3) is 0 Å². The number of nitrogens with two attached hydrogens (primary N) is 1. The summed E-state index contributed by atoms with van der Waals surface area (Å²) in [6.45, 7) is 4.10. The summed E-state index contributed by atoms with van der Waals surface area (Å²) in [6, 6.07) is 8.58. The summed E-state index contributed by atoms with van der Waals surface area (Å²) < 4.78 is 5.79. The van der Waals surface area contributed by atoms with Crippen molar-refractivity contribution in [2.24, 2.45) is 11.8 Å². The molecule has 1 unspecified atom stereocenters. The third kappa shape index (κ3) is 5.33. The standard InChI is InChI=1S/C18H30N2O/c1-14(2)21-17-11-7-10-16(13-17)18(20-19)12-15-8-5-3-4-6-9-15/h7,10-11,13-15,18,20H,3-6,8-9,12,19H2,1-2H3. The van der Waals surface area contributed by atoms with E-state index in [4.69, 9.17) is 10.6 Å². The van der Waals surface area contributed by atoms with E-state index in [-0.39, 0.29) is 12.1 Å². The highest BCUT2D eigenvalue weighted by molar-refractivity contribution is 5.30. The number of hydrazine groups is 1. The third-order valence-corrected chi connectivity index (χ3v) is 4.38. The molecule has 2 rings (SSSR count). The lowest BCUT2D eigenvalue weighted by molar-refractivity contribution is 0.241. The Morgan fingerprint density at radius 1 is 1.19 bits per heavy atom. The Kier molecular flexibility index (Phi) is 6.52. The van der Waals surface area contributed by atoms with E-state index in [2.05, 4.69) is 37.5 Å². The zero-order chi connectivity index (χ0) is 15.1. The molecule has 0 bridgehead atoms. The Hall–Kier alpha value is -1.06. The highest BCUT2D eigenvalue weighted by Gasteiger charge is 2.19. The largest absolute Gasteiger partial charge is 0.491 e. The summed E-state index contributed by atoms with van der Waals surface area (Å²) >= 11 is 0. The topological polar surface area (TPSA) is 47.3 Å². The molecule has 1 aromatic carbocycles. The maximum absolute atomic E-state index is 5.82. The first kappa shape index (κ1) is 16.3. The molecule has 0 spiro atoms. The van der Waals surface area contributed by atoms with E-state index >= 15 is 0 Å². The molecule has 0 heterocycles. The molecule has 1 aliphatic rings. The van der Waals surface area contributed by atoms with E-state index in [1.165, 1.54) is 44.1 Å². The molecule has 3 nitrogen and oxygen atoms in total. The van der Waals surface area contributed by atoms with Crippen LogP contribution >= 0.6 is 0 Å². The number of hydrogen-bond acceptors (Lipinski definition) is 3. The van der Waals surface area contributed by atoms with Gasteiger partial charge in [-0.05, 0) is 43.9 Å². The van der Waals surface area contributed by atoms with Gasteiger partial charge < -0.3 is 4.74 Å². The van der Waals surface area contributed by atoms with Crippen LogP contribution in [-0.2, 0) is 0 Å². The molecule has 1 aromatic rings. The van der Waals surface area contributed by atoms with Gasteiger partial charge >= 0.3 is 0 Å². The van der Waals surface area contributed by atoms with Crippen molar-refractivity contribution in [2.75, 3.05) is 0 Å². The zero-order valence-electron chi connectivity index (χ0n) is 13.5. The predicted octanol–water partition coefficient (Wildman–Crippen LogP) is 4.34. The summed E-state index contributed by atoms with van der Waals surface area (Å²) in [5.74, 6) is 7.55. The molecule has 1 fully saturated rings. The van der Waals surface area contributed by atoms with Gasteiger partial charge in [0.05, 0.1) is 6.10 Å². The SMILES string of the molecule is CC(C)Oc1cccc(C(CC2CCCCCC2)NN)c1. The summed E-state index contributed by atoms with van der Waals surface area (Å²) in [5.41, 5.74) is 4.25. The lowest BCUT2D eigenvalue weighted by Crippen LogP contribution is -2.29. The zero-order valence-corrected chi connectivity index (χ0v) is 13.5. The highest BCUT2D eigenvalue weighted by Crippen LogP contribution is 2.31. The van der Waals surface area contributed by atoms with Crippen LogP contribution in [-0.4, -0.2) is 6.10 Å². The van der Waals surface area contributed by atoms with Crippen molar-refractivity contribution in [1.29, 1.82) is 0 Å². The summed E-state index contributed by atoms with van der Waals surface area (Å²) in [4.78, 5) is 0. The fourth-order valence-corrected chi connectivity index (χ4v) is 3.31. The van der Waals surface area contributed by atoms with Gasteiger partial charge in [-0.3, -0.25) is 11.3 Å². The van der Waals surface area contributed by atoms with Gasteiger partial charge in [-0.2, -0.15) is 0 Å². The lowest BCUT2D eigenvalue weighted by Gasteiger charge is -2.23. The Labute approximate surface area is 129 Å². The van der Waals surface area contributed by atoms with E-state index < -0.39 is 0 Å². The molecular weight excluding hydrogens is 260 g/mol. The number of hydrogen-bond donors (Lipinski definition) is 2. The van der Waals surface area contributed by atoms with Crippen molar-refractivity contribution >= 4 is 0 Å². The van der Waals surface area contributed by atoms with Crippen LogP contribution in [0.15, 0.2) is 24.3 Å². The predicted molar refractivity (Wildman–Crippen MR) is 88.1 cm³/mol. The average Bonchev–Trinajstić information content (AvgIpc) is 2.73. The molecule has 0 radical (unpaired) electrons. The van der Waals surface area contributed by atoms with Crippen LogP contribution in [0.1, 0.15) is 70.4 Å². The fraction of sp³-hybridized carbons (Fsp3) is 0.667. The van der Waals surface area contributed by atoms with Crippen molar-refractivity contribution in [3.05, 3.63) is 29.8 Å². The maximum atomic E-state index is 5.82. The van der Waals surface area contributed by atoms with E-state index in [0.717, 1.165) is 18.1 Å². The Morgan fingerprint density at radius 3 is 2.52 bits per heavy atom. The molecule has 21 heavy (non-hydrogen) atoms. The second-order valence-corrected chi connectivity index (χ2v) is 6.55. The first-order valence-corrected chi connectivity index (χ1v) is 8.41. The first-order chi connectivity index (χ1) is 10.2. The van der Waals surface area contributed by atoms with Gasteiger partial charge in [0.25, 0.3) is 0 Å². The van der Waals surface area contributed by atoms with Gasteiger partial charge in [-0.1, -0.05) is 50.7 Å². The van der Waals surface area contributed by atoms with Crippen LogP contribution in [0.4, 0.5) is 0 Å². The van der Waals surface area contributed by atoms with Crippen LogP contribution in [0, 0.1) is 5.92 Å². The summed E-state index contributed by atoms with van der Waals surface area (Å²) in [7, 11) is 0. The molecule has 118 valence electrons. The molecule has 1 saturated carbocycles. The monoisotopic (exact) mass is 290 g/mol. The first-order valence-electron chi connectivity index (χ1n) is 8.41. The Balaban J connectivity index is 2.02. The summed E-state index contributed by atoms with van der Waals surface area (Å²) in [6.07, 6.45) is 9.56. The highest BCUT2D eigenvalue weighted by atomic mass is 16.5. The molecule has 1 aliphatic carbocycles. The van der Waals surface area contributed by atoms with E-state index in [1.54, 1.807) is 0 Å². The molecule has 0 aromatic heterocycles. The van der Waals surface area contributed by atoms with Crippen molar-refractivity contribution in [2.45, 2.75) is 70.9 Å². The minimum absolute atomic E-state index is 0.200. The van der Waals surface area contributed by atoms with Gasteiger partial charge in [0, 0.05) is 6.04 Å². The molecular formula is C18H30N2O. The smallest absolute Gasteiger partial charge is 0.120 e. The van der Waals surface area contributed by atoms with Crippen LogP contribution < -0.4 is 16.0 Å². The fourth-order valence-electron chi connectivity index (χ4n) is 3.31. The molecule has 0 amide bonds. The van der Waals surface area contributed by atoms with Gasteiger partial charge in [0.15, 0.2) is 0 Å². The van der Waals surface area contributed by atoms with Crippen LogP contribution in [0.3, 0.4) is 0 Å². The van der Waals surface area contributed by atoms with Crippen molar-refractivity contribution in [3.63, 3.8) is 0 Å². The van der Waals surface area contributed by atoms with Gasteiger partial charge in [0.1, 0.15) is 5.75 Å². The molecule has 0 aliphatic heterocycles. The van der Waals surface area contributed by atoms with E-state index in [1.807, 2.05) is 6.07 Å². The molecule has 1 atom stereocenters. The van der Waals surface area contributed by atoms with Crippen molar-refractivity contribution in [3.8, 4) is 5.75 Å². The van der Waals surface area contributed by atoms with Crippen LogP contribution in [0.5, 0.6) is 5.75 Å². The number of benzene rings is 1. The number of rotatable bonds is 6. The van der Waals surface area contributed by atoms with E-state index in [0.29, 0.717) is 0 Å². The quantitative estimate of drug-likeness (QED) is 0.465. The maximum Gasteiger partial charge on any atom is 0.120 e. The molecule has 3 heteroatoms. The van der Waals surface area contributed by atoms with Gasteiger partial charge in [-0.25, -0.2) is 0 Å². The third-order valence-electron chi connectivity index (χ3n) is 4.38. The van der Waals surface area contributed by atoms with Gasteiger partial charge in [0.2, 0.25) is 0 Å². The van der Waals surface area contributed by atoms with Crippen molar-refractivity contribution < 1.29 is 4.74 Å². The van der Waals surface area contributed by atoms with Crippen molar-refractivity contribution in [1.82, 2.24) is 5.43 Å². The van der Waals surface area contributed by atoms with Gasteiger partial charge in [-0.15, -0.1) is 0 Å². The number of ether oxygens (including phenoxy) is 1. The average molecular weight is 290 g/mol. The van der Waals surface area contributed by atoms with Crippen LogP contribution in [0.2, 0.25) is 0 Å². The number of nitrogens with one attached hydrogen (secondary N) is 1. The second-order valence-electron chi connectivity index (χ2n) is 6.55. The summed E-state index contributed by atoms with van der Waals surface area (Å²) in [5, 5.41) is 0.